The van der Waals surface area contributed by atoms with E-state index in [-0.39, 0.29) is 0 Å². The first kappa shape index (κ1) is 11.0. The van der Waals surface area contributed by atoms with Gasteiger partial charge in [-0.05, 0) is 18.9 Å². The summed E-state index contributed by atoms with van der Waals surface area (Å²) in [5.74, 6) is 0. The summed E-state index contributed by atoms with van der Waals surface area (Å²) in [5.41, 5.74) is 7.12. The number of benzene rings is 1. The molecule has 1 saturated carbocycles. The van der Waals surface area contributed by atoms with Crippen LogP contribution in [0.1, 0.15) is 19.3 Å². The molecule has 2 aromatic rings. The van der Waals surface area contributed by atoms with E-state index < -0.39 is 0 Å². The lowest BCUT2D eigenvalue weighted by molar-refractivity contribution is 0.715. The molecular weight excluding hydrogens is 230 g/mol. The quantitative estimate of drug-likeness (QED) is 0.826. The van der Waals surface area contributed by atoms with Crippen molar-refractivity contribution in [1.82, 2.24) is 9.97 Å². The molecule has 1 aliphatic rings. The molecule has 0 saturated heterocycles. The van der Waals surface area contributed by atoms with Crippen LogP contribution in [0, 0.1) is 0 Å². The topological polar surface area (TPSA) is 51.8 Å². The van der Waals surface area contributed by atoms with Gasteiger partial charge >= 0.3 is 0 Å². The summed E-state index contributed by atoms with van der Waals surface area (Å²) in [6.07, 6.45) is 5.22. The Morgan fingerprint density at radius 3 is 2.88 bits per heavy atom. The largest absolute Gasteiger partial charge is 0.327 e. The molecule has 2 atom stereocenters. The van der Waals surface area contributed by atoms with Gasteiger partial charge in [-0.1, -0.05) is 24.6 Å². The molecule has 3 nitrogen and oxygen atoms in total. The third-order valence-corrected chi connectivity index (χ3v) is 4.71. The van der Waals surface area contributed by atoms with E-state index in [4.69, 9.17) is 5.73 Å². The second kappa shape index (κ2) is 4.63. The number of nitrogens with two attached hydrogens (primary N) is 1. The molecule has 88 valence electrons. The first-order chi connectivity index (χ1) is 8.34. The third-order valence-electron chi connectivity index (χ3n) is 3.27. The Bertz CT molecular complexity index is 524. The van der Waals surface area contributed by atoms with Gasteiger partial charge in [0.2, 0.25) is 0 Å². The van der Waals surface area contributed by atoms with Gasteiger partial charge in [-0.15, -0.1) is 11.8 Å². The Kier molecular flexibility index (Phi) is 2.99. The summed E-state index contributed by atoms with van der Waals surface area (Å²) in [6, 6.07) is 8.46. The standard InChI is InChI=1S/C13H15N3S/c14-10-5-3-7-12(10)17-13-9-4-1-2-6-11(9)15-8-16-13/h1-2,4,6,8,10,12H,3,5,7,14H2. The second-order valence-electron chi connectivity index (χ2n) is 4.45. The van der Waals surface area contributed by atoms with Crippen LogP contribution in [0.5, 0.6) is 0 Å². The highest BCUT2D eigenvalue weighted by Gasteiger charge is 2.25. The van der Waals surface area contributed by atoms with Crippen molar-refractivity contribution in [3.05, 3.63) is 30.6 Å². The zero-order chi connectivity index (χ0) is 11.7. The summed E-state index contributed by atoms with van der Waals surface area (Å²) < 4.78 is 0. The monoisotopic (exact) mass is 245 g/mol. The molecule has 1 fully saturated rings. The highest BCUT2D eigenvalue weighted by atomic mass is 32.2. The van der Waals surface area contributed by atoms with Crippen LogP contribution in [-0.4, -0.2) is 21.3 Å². The lowest BCUT2D eigenvalue weighted by atomic mass is 10.2. The van der Waals surface area contributed by atoms with E-state index in [0.29, 0.717) is 11.3 Å². The van der Waals surface area contributed by atoms with Gasteiger partial charge < -0.3 is 5.73 Å². The average molecular weight is 245 g/mol. The Hall–Kier alpha value is -1.13. The van der Waals surface area contributed by atoms with E-state index in [1.54, 1.807) is 6.33 Å². The molecule has 1 aromatic heterocycles. The molecule has 17 heavy (non-hydrogen) atoms. The number of aromatic nitrogens is 2. The molecule has 4 heteroatoms. The van der Waals surface area contributed by atoms with Crippen LogP contribution in [0.25, 0.3) is 10.9 Å². The van der Waals surface area contributed by atoms with Crippen LogP contribution in [-0.2, 0) is 0 Å². The van der Waals surface area contributed by atoms with Crippen LogP contribution < -0.4 is 5.73 Å². The van der Waals surface area contributed by atoms with E-state index in [1.165, 1.54) is 12.8 Å². The van der Waals surface area contributed by atoms with Crippen LogP contribution >= 0.6 is 11.8 Å². The van der Waals surface area contributed by atoms with Crippen molar-refractivity contribution >= 4 is 22.7 Å². The van der Waals surface area contributed by atoms with Crippen molar-refractivity contribution in [3.8, 4) is 0 Å². The highest BCUT2D eigenvalue weighted by molar-refractivity contribution is 8.00. The molecule has 3 rings (SSSR count). The number of para-hydroxylation sites is 1. The van der Waals surface area contributed by atoms with Crippen molar-refractivity contribution in [3.63, 3.8) is 0 Å². The normalized spacial score (nSPS) is 24.3. The van der Waals surface area contributed by atoms with Crippen molar-refractivity contribution < 1.29 is 0 Å². The number of nitrogens with zero attached hydrogens (tertiary/aromatic N) is 2. The number of thioether (sulfide) groups is 1. The van der Waals surface area contributed by atoms with Crippen LogP contribution in [0.15, 0.2) is 35.6 Å². The minimum absolute atomic E-state index is 0.314. The Morgan fingerprint density at radius 1 is 1.18 bits per heavy atom. The predicted molar refractivity (Wildman–Crippen MR) is 71.0 cm³/mol. The van der Waals surface area contributed by atoms with Gasteiger partial charge in [-0.25, -0.2) is 9.97 Å². The molecule has 1 aliphatic carbocycles. The van der Waals surface area contributed by atoms with E-state index in [1.807, 2.05) is 30.0 Å². The fraction of sp³-hybridized carbons (Fsp3) is 0.385. The van der Waals surface area contributed by atoms with Crippen molar-refractivity contribution in [1.29, 1.82) is 0 Å². The zero-order valence-corrected chi connectivity index (χ0v) is 10.4. The molecule has 0 bridgehead atoms. The minimum atomic E-state index is 0.314. The molecular formula is C13H15N3S. The van der Waals surface area contributed by atoms with Gasteiger partial charge in [0.05, 0.1) is 5.52 Å². The number of fused-ring (bicyclic) bond motifs is 1. The van der Waals surface area contributed by atoms with Crippen LogP contribution in [0.3, 0.4) is 0 Å². The minimum Gasteiger partial charge on any atom is -0.327 e. The summed E-state index contributed by atoms with van der Waals surface area (Å²) in [5, 5.41) is 2.71. The Labute approximate surface area is 105 Å². The van der Waals surface area contributed by atoms with Crippen molar-refractivity contribution in [2.75, 3.05) is 0 Å². The molecule has 0 aliphatic heterocycles. The third kappa shape index (κ3) is 2.15. The first-order valence-electron chi connectivity index (χ1n) is 5.96. The van der Waals surface area contributed by atoms with Gasteiger partial charge in [-0.3, -0.25) is 0 Å². The lowest BCUT2D eigenvalue weighted by Crippen LogP contribution is -2.26. The molecule has 1 heterocycles. The lowest BCUT2D eigenvalue weighted by Gasteiger charge is -2.14. The van der Waals surface area contributed by atoms with Crippen LogP contribution in [0.2, 0.25) is 0 Å². The highest BCUT2D eigenvalue weighted by Crippen LogP contribution is 2.35. The summed E-state index contributed by atoms with van der Waals surface area (Å²) in [6.45, 7) is 0. The van der Waals surface area contributed by atoms with Gasteiger partial charge in [-0.2, -0.15) is 0 Å². The van der Waals surface area contributed by atoms with Gasteiger partial charge in [0.15, 0.2) is 0 Å². The maximum absolute atomic E-state index is 6.11. The van der Waals surface area contributed by atoms with Gasteiger partial charge in [0, 0.05) is 16.7 Å². The SMILES string of the molecule is NC1CCCC1Sc1ncnc2ccccc12. The smallest absolute Gasteiger partial charge is 0.117 e. The summed E-state index contributed by atoms with van der Waals surface area (Å²) >= 11 is 1.81. The Morgan fingerprint density at radius 2 is 2.06 bits per heavy atom. The average Bonchev–Trinajstić information content (AvgIpc) is 2.76. The number of hydrogen-bond acceptors (Lipinski definition) is 4. The van der Waals surface area contributed by atoms with Gasteiger partial charge in [0.25, 0.3) is 0 Å². The molecule has 1 aromatic carbocycles. The number of hydrogen-bond donors (Lipinski definition) is 1. The summed E-state index contributed by atoms with van der Waals surface area (Å²) in [7, 11) is 0. The van der Waals surface area contributed by atoms with Crippen LogP contribution in [0.4, 0.5) is 0 Å². The maximum atomic E-state index is 6.11. The maximum Gasteiger partial charge on any atom is 0.117 e. The zero-order valence-electron chi connectivity index (χ0n) is 9.54. The molecule has 2 unspecified atom stereocenters. The Balaban J connectivity index is 1.94. The van der Waals surface area contributed by atoms with Crippen molar-refractivity contribution in [2.24, 2.45) is 5.73 Å². The fourth-order valence-corrected chi connectivity index (χ4v) is 3.61. The fourth-order valence-electron chi connectivity index (χ4n) is 2.32. The molecule has 0 radical (unpaired) electrons. The first-order valence-corrected chi connectivity index (χ1v) is 6.84. The van der Waals surface area contributed by atoms with Crippen molar-refractivity contribution in [2.45, 2.75) is 35.6 Å². The van der Waals surface area contributed by atoms with Gasteiger partial charge in [0.1, 0.15) is 11.4 Å². The van der Waals surface area contributed by atoms with E-state index in [2.05, 4.69) is 16.0 Å². The predicted octanol–water partition coefficient (Wildman–Crippen LogP) is 2.60. The second-order valence-corrected chi connectivity index (χ2v) is 5.67. The van der Waals surface area contributed by atoms with E-state index >= 15 is 0 Å². The summed E-state index contributed by atoms with van der Waals surface area (Å²) in [4.78, 5) is 8.68. The molecule has 0 amide bonds. The van der Waals surface area contributed by atoms with E-state index in [0.717, 1.165) is 22.3 Å². The molecule has 0 spiro atoms. The molecule has 2 N–H and O–H groups in total. The van der Waals surface area contributed by atoms with E-state index in [9.17, 15) is 0 Å². The number of rotatable bonds is 2.